The second-order valence-electron chi connectivity index (χ2n) is 3.73. The van der Waals surface area contributed by atoms with Crippen molar-refractivity contribution >= 4 is 0 Å². The standard InChI is InChI=1S/C9H18O/c1-5-9(4)7(2)6-8(3)10-9/h7-8H,5-6H2,1-4H3/t7-,8+,9?/m1/s1. The van der Waals surface area contributed by atoms with Crippen molar-refractivity contribution in [2.45, 2.75) is 52.2 Å². The van der Waals surface area contributed by atoms with E-state index in [0.717, 1.165) is 12.3 Å². The molecule has 10 heavy (non-hydrogen) atoms. The van der Waals surface area contributed by atoms with E-state index >= 15 is 0 Å². The molecule has 1 rings (SSSR count). The van der Waals surface area contributed by atoms with Gasteiger partial charge in [0, 0.05) is 0 Å². The van der Waals surface area contributed by atoms with Crippen molar-refractivity contribution in [3.63, 3.8) is 0 Å². The number of hydrogen-bond acceptors (Lipinski definition) is 1. The van der Waals surface area contributed by atoms with Crippen LogP contribution in [0, 0.1) is 5.92 Å². The highest BCUT2D eigenvalue weighted by atomic mass is 16.5. The Morgan fingerprint density at radius 1 is 1.50 bits per heavy atom. The van der Waals surface area contributed by atoms with Gasteiger partial charge in [-0.2, -0.15) is 0 Å². The zero-order valence-corrected chi connectivity index (χ0v) is 7.48. The van der Waals surface area contributed by atoms with Crippen molar-refractivity contribution in [2.24, 2.45) is 5.92 Å². The number of rotatable bonds is 1. The van der Waals surface area contributed by atoms with E-state index in [2.05, 4.69) is 27.7 Å². The predicted molar refractivity (Wildman–Crippen MR) is 43.0 cm³/mol. The highest BCUT2D eigenvalue weighted by Gasteiger charge is 2.38. The molecule has 60 valence electrons. The third-order valence-electron chi connectivity index (χ3n) is 2.90. The molecule has 1 saturated heterocycles. The van der Waals surface area contributed by atoms with Gasteiger partial charge in [0.15, 0.2) is 0 Å². The van der Waals surface area contributed by atoms with Crippen molar-refractivity contribution in [1.29, 1.82) is 0 Å². The van der Waals surface area contributed by atoms with Crippen LogP contribution in [-0.4, -0.2) is 11.7 Å². The molecule has 0 N–H and O–H groups in total. The fourth-order valence-corrected chi connectivity index (χ4v) is 1.80. The monoisotopic (exact) mass is 142 g/mol. The van der Waals surface area contributed by atoms with Gasteiger partial charge in [-0.05, 0) is 32.6 Å². The Morgan fingerprint density at radius 2 is 2.10 bits per heavy atom. The zero-order valence-electron chi connectivity index (χ0n) is 7.48. The number of hydrogen-bond donors (Lipinski definition) is 0. The van der Waals surface area contributed by atoms with E-state index in [9.17, 15) is 0 Å². The minimum atomic E-state index is 0.166. The Labute approximate surface area is 63.8 Å². The molecule has 0 radical (unpaired) electrons. The Kier molecular flexibility index (Phi) is 2.04. The molecule has 0 aliphatic carbocycles. The lowest BCUT2D eigenvalue weighted by molar-refractivity contribution is -0.0382. The Balaban J connectivity index is 2.61. The Morgan fingerprint density at radius 3 is 2.30 bits per heavy atom. The molecule has 0 saturated carbocycles. The molecule has 1 heterocycles. The van der Waals surface area contributed by atoms with Crippen molar-refractivity contribution in [3.8, 4) is 0 Å². The molecule has 0 bridgehead atoms. The summed E-state index contributed by atoms with van der Waals surface area (Å²) in [4.78, 5) is 0. The highest BCUT2D eigenvalue weighted by molar-refractivity contribution is 4.87. The van der Waals surface area contributed by atoms with Crippen LogP contribution in [0.1, 0.15) is 40.5 Å². The Bertz CT molecular complexity index is 122. The second-order valence-corrected chi connectivity index (χ2v) is 3.73. The summed E-state index contributed by atoms with van der Waals surface area (Å²) in [7, 11) is 0. The summed E-state index contributed by atoms with van der Waals surface area (Å²) in [6.07, 6.45) is 2.84. The van der Waals surface area contributed by atoms with Crippen LogP contribution in [-0.2, 0) is 4.74 Å². The Hall–Kier alpha value is -0.0400. The average Bonchev–Trinajstić information content (AvgIpc) is 2.09. The third kappa shape index (κ3) is 1.20. The van der Waals surface area contributed by atoms with Crippen LogP contribution in [0.5, 0.6) is 0 Å². The molecule has 1 aliphatic heterocycles. The van der Waals surface area contributed by atoms with Crippen LogP contribution >= 0.6 is 0 Å². The quantitative estimate of drug-likeness (QED) is 0.547. The zero-order chi connectivity index (χ0) is 7.78. The largest absolute Gasteiger partial charge is 0.372 e. The van der Waals surface area contributed by atoms with Gasteiger partial charge in [0.05, 0.1) is 11.7 Å². The van der Waals surface area contributed by atoms with Crippen LogP contribution in [0.2, 0.25) is 0 Å². The van der Waals surface area contributed by atoms with Gasteiger partial charge in [-0.3, -0.25) is 0 Å². The summed E-state index contributed by atoms with van der Waals surface area (Å²) in [5, 5.41) is 0. The summed E-state index contributed by atoms with van der Waals surface area (Å²) >= 11 is 0. The first-order chi connectivity index (χ1) is 4.58. The molecular formula is C9H18O. The molecule has 0 aromatic rings. The van der Waals surface area contributed by atoms with Crippen LogP contribution in [0.15, 0.2) is 0 Å². The first-order valence-electron chi connectivity index (χ1n) is 4.26. The third-order valence-corrected chi connectivity index (χ3v) is 2.90. The van der Waals surface area contributed by atoms with E-state index in [1.807, 2.05) is 0 Å². The van der Waals surface area contributed by atoms with Gasteiger partial charge in [-0.25, -0.2) is 0 Å². The summed E-state index contributed by atoms with van der Waals surface area (Å²) in [6, 6.07) is 0. The van der Waals surface area contributed by atoms with Crippen molar-refractivity contribution in [1.82, 2.24) is 0 Å². The normalized spacial score (nSPS) is 48.0. The van der Waals surface area contributed by atoms with E-state index in [1.165, 1.54) is 6.42 Å². The molecule has 1 fully saturated rings. The lowest BCUT2D eigenvalue weighted by Gasteiger charge is -2.26. The summed E-state index contributed by atoms with van der Waals surface area (Å²) in [5.74, 6) is 0.729. The second kappa shape index (κ2) is 2.54. The first kappa shape index (κ1) is 8.06. The first-order valence-corrected chi connectivity index (χ1v) is 4.26. The molecule has 1 heteroatoms. The molecule has 3 atom stereocenters. The van der Waals surface area contributed by atoms with Crippen LogP contribution in [0.3, 0.4) is 0 Å². The van der Waals surface area contributed by atoms with E-state index in [4.69, 9.17) is 4.74 Å². The molecule has 1 aliphatic rings. The van der Waals surface area contributed by atoms with Gasteiger partial charge in [-0.1, -0.05) is 13.8 Å². The molecular weight excluding hydrogens is 124 g/mol. The molecule has 0 aromatic carbocycles. The van der Waals surface area contributed by atoms with Crippen molar-refractivity contribution < 1.29 is 4.74 Å². The molecule has 0 spiro atoms. The van der Waals surface area contributed by atoms with Crippen molar-refractivity contribution in [2.75, 3.05) is 0 Å². The topological polar surface area (TPSA) is 9.23 Å². The lowest BCUT2D eigenvalue weighted by atomic mass is 9.88. The van der Waals surface area contributed by atoms with E-state index in [-0.39, 0.29) is 5.60 Å². The van der Waals surface area contributed by atoms with Crippen molar-refractivity contribution in [3.05, 3.63) is 0 Å². The maximum atomic E-state index is 5.81. The van der Waals surface area contributed by atoms with E-state index in [0.29, 0.717) is 6.10 Å². The maximum absolute atomic E-state index is 5.81. The maximum Gasteiger partial charge on any atom is 0.0681 e. The van der Waals surface area contributed by atoms with Gasteiger partial charge < -0.3 is 4.74 Å². The van der Waals surface area contributed by atoms with Gasteiger partial charge >= 0.3 is 0 Å². The van der Waals surface area contributed by atoms with Gasteiger partial charge in [0.1, 0.15) is 0 Å². The summed E-state index contributed by atoms with van der Waals surface area (Å²) in [5.41, 5.74) is 0.166. The molecule has 0 aromatic heterocycles. The lowest BCUT2D eigenvalue weighted by Crippen LogP contribution is -2.29. The predicted octanol–water partition coefficient (Wildman–Crippen LogP) is 2.60. The van der Waals surface area contributed by atoms with Crippen LogP contribution < -0.4 is 0 Å². The van der Waals surface area contributed by atoms with E-state index < -0.39 is 0 Å². The smallest absolute Gasteiger partial charge is 0.0681 e. The van der Waals surface area contributed by atoms with Gasteiger partial charge in [0.25, 0.3) is 0 Å². The molecule has 0 amide bonds. The summed E-state index contributed by atoms with van der Waals surface area (Å²) in [6.45, 7) is 8.88. The molecule has 1 unspecified atom stereocenters. The minimum Gasteiger partial charge on any atom is -0.372 e. The molecule has 1 nitrogen and oxygen atoms in total. The summed E-state index contributed by atoms with van der Waals surface area (Å²) < 4.78 is 5.81. The van der Waals surface area contributed by atoms with Crippen LogP contribution in [0.4, 0.5) is 0 Å². The van der Waals surface area contributed by atoms with Gasteiger partial charge in [-0.15, -0.1) is 0 Å². The SMILES string of the molecule is CCC1(C)O[C@@H](C)C[C@H]1C. The van der Waals surface area contributed by atoms with Gasteiger partial charge in [0.2, 0.25) is 0 Å². The minimum absolute atomic E-state index is 0.166. The average molecular weight is 142 g/mol. The van der Waals surface area contributed by atoms with Crippen LogP contribution in [0.25, 0.3) is 0 Å². The van der Waals surface area contributed by atoms with E-state index in [1.54, 1.807) is 0 Å². The number of ether oxygens (including phenoxy) is 1. The fourth-order valence-electron chi connectivity index (χ4n) is 1.80. The highest BCUT2D eigenvalue weighted by Crippen LogP contribution is 2.37. The fraction of sp³-hybridized carbons (Fsp3) is 1.00.